The van der Waals surface area contributed by atoms with Gasteiger partial charge in [-0.3, -0.25) is 4.79 Å². The number of piperidine rings is 1. The molecular weight excluding hydrogens is 222 g/mol. The van der Waals surface area contributed by atoms with Crippen LogP contribution in [0.15, 0.2) is 11.6 Å². The van der Waals surface area contributed by atoms with Gasteiger partial charge in [0, 0.05) is 30.5 Å². The molecule has 2 rings (SSSR count). The molecule has 5 heteroatoms. The second kappa shape index (κ2) is 5.96. The second-order valence-electron chi connectivity index (χ2n) is 3.99. The van der Waals surface area contributed by atoms with Gasteiger partial charge in [0.2, 0.25) is 5.91 Å². The van der Waals surface area contributed by atoms with Gasteiger partial charge >= 0.3 is 0 Å². The van der Waals surface area contributed by atoms with E-state index in [9.17, 15) is 4.79 Å². The number of rotatable bonds is 4. The molecule has 0 unspecified atom stereocenters. The first-order valence-electron chi connectivity index (χ1n) is 5.73. The number of amides is 1. The van der Waals surface area contributed by atoms with Crippen LogP contribution in [0.4, 0.5) is 0 Å². The molecule has 1 aliphatic heterocycles. The highest BCUT2D eigenvalue weighted by molar-refractivity contribution is 7.09. The second-order valence-corrected chi connectivity index (χ2v) is 4.97. The third-order valence-corrected chi connectivity index (χ3v) is 3.67. The summed E-state index contributed by atoms with van der Waals surface area (Å²) in [6.45, 7) is 2.63. The van der Waals surface area contributed by atoms with Gasteiger partial charge in [0.15, 0.2) is 0 Å². The molecule has 1 saturated heterocycles. The molecule has 1 aromatic heterocycles. The minimum Gasteiger partial charge on any atom is -0.355 e. The number of carbonyl (C=O) groups is 1. The molecule has 0 radical (unpaired) electrons. The smallest absolute Gasteiger partial charge is 0.223 e. The Morgan fingerprint density at radius 2 is 2.38 bits per heavy atom. The van der Waals surface area contributed by atoms with Crippen molar-refractivity contribution < 1.29 is 4.79 Å². The zero-order valence-corrected chi connectivity index (χ0v) is 10.1. The van der Waals surface area contributed by atoms with Gasteiger partial charge in [-0.2, -0.15) is 0 Å². The molecule has 0 spiro atoms. The lowest BCUT2D eigenvalue weighted by Gasteiger charge is -2.21. The van der Waals surface area contributed by atoms with Crippen LogP contribution in [0, 0.1) is 5.92 Å². The Morgan fingerprint density at radius 1 is 1.56 bits per heavy atom. The number of aromatic nitrogens is 1. The van der Waals surface area contributed by atoms with Crippen molar-refractivity contribution in [2.75, 3.05) is 19.6 Å². The molecule has 1 fully saturated rings. The van der Waals surface area contributed by atoms with E-state index >= 15 is 0 Å². The molecule has 0 atom stereocenters. The fourth-order valence-electron chi connectivity index (χ4n) is 1.90. The summed E-state index contributed by atoms with van der Waals surface area (Å²) in [5.74, 6) is 0.413. The first-order chi connectivity index (χ1) is 7.86. The molecule has 4 nitrogen and oxygen atoms in total. The number of carbonyl (C=O) groups excluding carboxylic acids is 1. The predicted molar refractivity (Wildman–Crippen MR) is 64.4 cm³/mol. The molecule has 0 bridgehead atoms. The van der Waals surface area contributed by atoms with Crippen LogP contribution < -0.4 is 10.6 Å². The van der Waals surface area contributed by atoms with E-state index in [1.165, 1.54) is 0 Å². The Labute approximate surface area is 99.5 Å². The van der Waals surface area contributed by atoms with Gasteiger partial charge in [0.25, 0.3) is 0 Å². The lowest BCUT2D eigenvalue weighted by Crippen LogP contribution is -2.38. The maximum atomic E-state index is 11.8. The number of nitrogens with one attached hydrogen (secondary N) is 2. The highest BCUT2D eigenvalue weighted by Gasteiger charge is 2.20. The minimum absolute atomic E-state index is 0.206. The minimum atomic E-state index is 0.206. The standard InChI is InChI=1S/C11H17N3OS/c15-11(9-1-4-12-5-2-9)14-6-3-10-13-7-8-16-10/h7-9,12H,1-6H2,(H,14,15). The molecule has 1 aromatic rings. The normalized spacial score (nSPS) is 17.2. The summed E-state index contributed by atoms with van der Waals surface area (Å²) < 4.78 is 0. The molecule has 0 aliphatic carbocycles. The van der Waals surface area contributed by atoms with Gasteiger partial charge in [-0.15, -0.1) is 11.3 Å². The van der Waals surface area contributed by atoms with Gasteiger partial charge in [0.05, 0.1) is 5.01 Å². The quantitative estimate of drug-likeness (QED) is 0.817. The van der Waals surface area contributed by atoms with Gasteiger partial charge in [-0.05, 0) is 25.9 Å². The molecule has 1 amide bonds. The largest absolute Gasteiger partial charge is 0.355 e. The van der Waals surface area contributed by atoms with Crippen molar-refractivity contribution in [2.45, 2.75) is 19.3 Å². The molecule has 2 heterocycles. The summed E-state index contributed by atoms with van der Waals surface area (Å²) in [6.07, 6.45) is 4.56. The molecule has 2 N–H and O–H groups in total. The van der Waals surface area contributed by atoms with Crippen LogP contribution in [0.1, 0.15) is 17.8 Å². The van der Waals surface area contributed by atoms with Crippen molar-refractivity contribution in [1.29, 1.82) is 0 Å². The summed E-state index contributed by atoms with van der Waals surface area (Å²) in [5.41, 5.74) is 0. The number of nitrogens with zero attached hydrogens (tertiary/aromatic N) is 1. The lowest BCUT2D eigenvalue weighted by atomic mass is 9.97. The Kier molecular flexibility index (Phi) is 4.30. The van der Waals surface area contributed by atoms with Crippen molar-refractivity contribution in [3.05, 3.63) is 16.6 Å². The first-order valence-corrected chi connectivity index (χ1v) is 6.61. The van der Waals surface area contributed by atoms with E-state index in [1.54, 1.807) is 17.5 Å². The van der Waals surface area contributed by atoms with Crippen LogP contribution in [0.2, 0.25) is 0 Å². The first kappa shape index (κ1) is 11.5. The summed E-state index contributed by atoms with van der Waals surface area (Å²) in [4.78, 5) is 16.0. The van der Waals surface area contributed by atoms with Crippen molar-refractivity contribution in [2.24, 2.45) is 5.92 Å². The molecule has 16 heavy (non-hydrogen) atoms. The van der Waals surface area contributed by atoms with Gasteiger partial charge < -0.3 is 10.6 Å². The van der Waals surface area contributed by atoms with Crippen LogP contribution in [0.25, 0.3) is 0 Å². The maximum absolute atomic E-state index is 11.8. The number of hydrogen-bond donors (Lipinski definition) is 2. The van der Waals surface area contributed by atoms with E-state index in [1.807, 2.05) is 5.38 Å². The average Bonchev–Trinajstić information content (AvgIpc) is 2.83. The monoisotopic (exact) mass is 239 g/mol. The number of thiazole rings is 1. The Hall–Kier alpha value is -0.940. The van der Waals surface area contributed by atoms with Crippen molar-refractivity contribution in [3.63, 3.8) is 0 Å². The van der Waals surface area contributed by atoms with Crippen molar-refractivity contribution >= 4 is 17.2 Å². The molecule has 88 valence electrons. The third kappa shape index (κ3) is 3.28. The molecular formula is C11H17N3OS. The van der Waals surface area contributed by atoms with Crippen LogP contribution in [0.3, 0.4) is 0 Å². The fourth-order valence-corrected chi connectivity index (χ4v) is 2.52. The zero-order chi connectivity index (χ0) is 11.2. The van der Waals surface area contributed by atoms with Crippen LogP contribution in [0.5, 0.6) is 0 Å². The van der Waals surface area contributed by atoms with Gasteiger partial charge in [-0.1, -0.05) is 0 Å². The van der Waals surface area contributed by atoms with E-state index in [2.05, 4.69) is 15.6 Å². The lowest BCUT2D eigenvalue weighted by molar-refractivity contribution is -0.125. The van der Waals surface area contributed by atoms with E-state index in [0.717, 1.165) is 37.4 Å². The summed E-state index contributed by atoms with van der Waals surface area (Å²) in [7, 11) is 0. The topological polar surface area (TPSA) is 54.0 Å². The highest BCUT2D eigenvalue weighted by atomic mass is 32.1. The van der Waals surface area contributed by atoms with Gasteiger partial charge in [0.1, 0.15) is 0 Å². The maximum Gasteiger partial charge on any atom is 0.223 e. The average molecular weight is 239 g/mol. The van der Waals surface area contributed by atoms with E-state index in [-0.39, 0.29) is 11.8 Å². The fraction of sp³-hybridized carbons (Fsp3) is 0.636. The predicted octanol–water partition coefficient (Wildman–Crippen LogP) is 0.801. The molecule has 0 saturated carbocycles. The van der Waals surface area contributed by atoms with E-state index in [4.69, 9.17) is 0 Å². The molecule has 0 aromatic carbocycles. The zero-order valence-electron chi connectivity index (χ0n) is 9.24. The SMILES string of the molecule is O=C(NCCc1nccs1)C1CCNCC1. The van der Waals surface area contributed by atoms with E-state index < -0.39 is 0 Å². The highest BCUT2D eigenvalue weighted by Crippen LogP contribution is 2.11. The van der Waals surface area contributed by atoms with Crippen LogP contribution in [-0.2, 0) is 11.2 Å². The summed E-state index contributed by atoms with van der Waals surface area (Å²) >= 11 is 1.64. The van der Waals surface area contributed by atoms with E-state index in [0.29, 0.717) is 6.54 Å². The van der Waals surface area contributed by atoms with Gasteiger partial charge in [-0.25, -0.2) is 4.98 Å². The summed E-state index contributed by atoms with van der Waals surface area (Å²) in [6, 6.07) is 0. The Balaban J connectivity index is 1.67. The number of hydrogen-bond acceptors (Lipinski definition) is 4. The Bertz CT molecular complexity index is 320. The molecule has 1 aliphatic rings. The Morgan fingerprint density at radius 3 is 3.06 bits per heavy atom. The third-order valence-electron chi connectivity index (χ3n) is 2.83. The van der Waals surface area contributed by atoms with Crippen molar-refractivity contribution in [1.82, 2.24) is 15.6 Å². The van der Waals surface area contributed by atoms with Crippen molar-refractivity contribution in [3.8, 4) is 0 Å². The van der Waals surface area contributed by atoms with Crippen LogP contribution >= 0.6 is 11.3 Å². The van der Waals surface area contributed by atoms with Crippen LogP contribution in [-0.4, -0.2) is 30.5 Å². The summed E-state index contributed by atoms with van der Waals surface area (Å²) in [5, 5.41) is 9.30.